The average Bonchev–Trinajstić information content (AvgIpc) is 2.88. The first-order valence-corrected chi connectivity index (χ1v) is 11.6. The normalized spacial score (nSPS) is 25.1. The Kier molecular flexibility index (Phi) is 9.80. The molecule has 2 aromatic rings. The summed E-state index contributed by atoms with van der Waals surface area (Å²) in [5, 5.41) is 55.6. The smallest absolute Gasteiger partial charge is 0.335 e. The van der Waals surface area contributed by atoms with Gasteiger partial charge in [-0.1, -0.05) is 18.2 Å². The third-order valence-electron chi connectivity index (χ3n) is 6.02. The van der Waals surface area contributed by atoms with Crippen LogP contribution in [0, 0.1) is 0 Å². The summed E-state index contributed by atoms with van der Waals surface area (Å²) < 4.78 is 15.8. The standard InChI is InChI=1S/C25H32N2O10/c1-13(9-14-3-6-16(35-2)7-4-14)26-11-18(29)15-5-8-19(17(10-15)27-12-28)36-25-22(32)20(30)21(31)23(37-25)24(33)34/h3-8,10,12-13,18,20-23,25-26,29-32H,9,11H2,1-2H3,(H,27,28)(H,33,34). The Hall–Kier alpha value is -3.26. The molecule has 0 saturated carbocycles. The topological polar surface area (TPSA) is 187 Å². The van der Waals surface area contributed by atoms with E-state index < -0.39 is 42.8 Å². The third kappa shape index (κ3) is 7.16. The molecule has 7 unspecified atom stereocenters. The van der Waals surface area contributed by atoms with E-state index in [4.69, 9.17) is 14.2 Å². The van der Waals surface area contributed by atoms with Crippen LogP contribution in [0.5, 0.6) is 11.5 Å². The quantitative estimate of drug-likeness (QED) is 0.184. The number of anilines is 1. The second-order valence-corrected chi connectivity index (χ2v) is 8.75. The lowest BCUT2D eigenvalue weighted by Crippen LogP contribution is -2.61. The maximum absolute atomic E-state index is 11.3. The van der Waals surface area contributed by atoms with Gasteiger partial charge in [0.05, 0.1) is 18.9 Å². The van der Waals surface area contributed by atoms with E-state index in [0.29, 0.717) is 12.0 Å². The monoisotopic (exact) mass is 520 g/mol. The van der Waals surface area contributed by atoms with Gasteiger partial charge in [0.2, 0.25) is 12.7 Å². The Morgan fingerprint density at radius 1 is 1.11 bits per heavy atom. The van der Waals surface area contributed by atoms with Gasteiger partial charge in [-0.05, 0) is 48.7 Å². The lowest BCUT2D eigenvalue weighted by atomic mass is 9.99. The van der Waals surface area contributed by atoms with Crippen molar-refractivity contribution in [3.8, 4) is 11.5 Å². The number of aliphatic carboxylic acids is 1. The molecule has 0 radical (unpaired) electrons. The van der Waals surface area contributed by atoms with E-state index in [0.717, 1.165) is 17.7 Å². The van der Waals surface area contributed by atoms with Gasteiger partial charge in [-0.25, -0.2) is 4.79 Å². The van der Waals surface area contributed by atoms with E-state index in [1.54, 1.807) is 7.11 Å². The number of nitrogens with one attached hydrogen (secondary N) is 2. The highest BCUT2D eigenvalue weighted by Gasteiger charge is 2.48. The molecule has 1 aliphatic rings. The average molecular weight is 521 g/mol. The number of rotatable bonds is 12. The molecule has 1 aliphatic heterocycles. The molecule has 12 nitrogen and oxygen atoms in total. The molecule has 3 rings (SSSR count). The predicted octanol–water partition coefficient (Wildman–Crippen LogP) is -0.211. The minimum Gasteiger partial charge on any atom is -0.497 e. The largest absolute Gasteiger partial charge is 0.497 e. The number of hydrogen-bond acceptors (Lipinski definition) is 10. The zero-order valence-corrected chi connectivity index (χ0v) is 20.4. The highest BCUT2D eigenvalue weighted by molar-refractivity contribution is 5.76. The van der Waals surface area contributed by atoms with Gasteiger partial charge < -0.3 is 50.4 Å². The minimum absolute atomic E-state index is 0.0133. The minimum atomic E-state index is -1.86. The summed E-state index contributed by atoms with van der Waals surface area (Å²) in [7, 11) is 1.60. The molecular weight excluding hydrogens is 488 g/mol. The summed E-state index contributed by atoms with van der Waals surface area (Å²) in [6.07, 6.45) is -8.79. The van der Waals surface area contributed by atoms with E-state index in [2.05, 4.69) is 10.6 Å². The van der Waals surface area contributed by atoms with Gasteiger partial charge in [0.25, 0.3) is 0 Å². The van der Waals surface area contributed by atoms with Crippen LogP contribution in [0.2, 0.25) is 0 Å². The molecule has 7 N–H and O–H groups in total. The van der Waals surface area contributed by atoms with Gasteiger partial charge in [0, 0.05) is 12.6 Å². The van der Waals surface area contributed by atoms with E-state index in [9.17, 15) is 35.1 Å². The Bertz CT molecular complexity index is 1050. The van der Waals surface area contributed by atoms with Crippen LogP contribution in [0.3, 0.4) is 0 Å². The number of carbonyl (C=O) groups is 2. The number of methoxy groups -OCH3 is 1. The molecule has 0 spiro atoms. The van der Waals surface area contributed by atoms with Crippen molar-refractivity contribution in [3.63, 3.8) is 0 Å². The first kappa shape index (κ1) is 28.3. The molecule has 0 bridgehead atoms. The van der Waals surface area contributed by atoms with Gasteiger partial charge in [0.15, 0.2) is 6.10 Å². The van der Waals surface area contributed by atoms with Crippen LogP contribution in [0.15, 0.2) is 42.5 Å². The van der Waals surface area contributed by atoms with Gasteiger partial charge in [-0.3, -0.25) is 4.79 Å². The molecule has 1 amide bonds. The summed E-state index contributed by atoms with van der Waals surface area (Å²) in [6, 6.07) is 12.1. The molecule has 0 aromatic heterocycles. The highest BCUT2D eigenvalue weighted by atomic mass is 16.7. The molecule has 37 heavy (non-hydrogen) atoms. The van der Waals surface area contributed by atoms with Crippen molar-refractivity contribution < 1.29 is 49.3 Å². The van der Waals surface area contributed by atoms with Crippen molar-refractivity contribution in [2.24, 2.45) is 0 Å². The Labute approximate surface area is 213 Å². The van der Waals surface area contributed by atoms with Crippen molar-refractivity contribution in [2.45, 2.75) is 56.2 Å². The van der Waals surface area contributed by atoms with Crippen LogP contribution in [0.1, 0.15) is 24.2 Å². The fourth-order valence-electron chi connectivity index (χ4n) is 3.93. The van der Waals surface area contributed by atoms with Crippen LogP contribution in [0.4, 0.5) is 5.69 Å². The molecule has 2 aromatic carbocycles. The van der Waals surface area contributed by atoms with E-state index in [1.807, 2.05) is 31.2 Å². The zero-order chi connectivity index (χ0) is 27.1. The van der Waals surface area contributed by atoms with Crippen LogP contribution < -0.4 is 20.1 Å². The van der Waals surface area contributed by atoms with Gasteiger partial charge in [0.1, 0.15) is 29.8 Å². The number of carboxylic acid groups (broad SMARTS) is 1. The molecule has 202 valence electrons. The zero-order valence-electron chi connectivity index (χ0n) is 20.4. The number of benzene rings is 2. The maximum atomic E-state index is 11.3. The van der Waals surface area contributed by atoms with Crippen molar-refractivity contribution in [1.29, 1.82) is 0 Å². The SMILES string of the molecule is COc1ccc(CC(C)NCC(O)c2ccc(OC3OC(C(=O)O)C(O)C(O)C3O)c(NC=O)c2)cc1. The number of hydrogen-bond donors (Lipinski definition) is 7. The van der Waals surface area contributed by atoms with Crippen molar-refractivity contribution in [3.05, 3.63) is 53.6 Å². The number of aliphatic hydroxyl groups excluding tert-OH is 4. The summed E-state index contributed by atoms with van der Waals surface area (Å²) in [5.74, 6) is -0.793. The fraction of sp³-hybridized carbons (Fsp3) is 0.440. The summed E-state index contributed by atoms with van der Waals surface area (Å²) in [4.78, 5) is 22.5. The van der Waals surface area contributed by atoms with Gasteiger partial charge in [-0.15, -0.1) is 0 Å². The second-order valence-electron chi connectivity index (χ2n) is 8.75. The number of ether oxygens (including phenoxy) is 3. The van der Waals surface area contributed by atoms with Gasteiger partial charge in [-0.2, -0.15) is 0 Å². The van der Waals surface area contributed by atoms with Crippen molar-refractivity contribution >= 4 is 18.1 Å². The number of amides is 1. The fourth-order valence-corrected chi connectivity index (χ4v) is 3.93. The molecule has 12 heteroatoms. The lowest BCUT2D eigenvalue weighted by Gasteiger charge is -2.38. The van der Waals surface area contributed by atoms with Crippen LogP contribution >= 0.6 is 0 Å². The first-order valence-electron chi connectivity index (χ1n) is 11.6. The summed E-state index contributed by atoms with van der Waals surface area (Å²) in [6.45, 7) is 2.20. The van der Waals surface area contributed by atoms with E-state index >= 15 is 0 Å². The highest BCUT2D eigenvalue weighted by Crippen LogP contribution is 2.32. The van der Waals surface area contributed by atoms with Crippen molar-refractivity contribution in [2.75, 3.05) is 19.0 Å². The Morgan fingerprint density at radius 3 is 2.43 bits per heavy atom. The van der Waals surface area contributed by atoms with E-state index in [1.165, 1.54) is 18.2 Å². The van der Waals surface area contributed by atoms with Crippen LogP contribution in [-0.2, 0) is 20.7 Å². The van der Waals surface area contributed by atoms with Crippen molar-refractivity contribution in [1.82, 2.24) is 5.32 Å². The lowest BCUT2D eigenvalue weighted by molar-refractivity contribution is -0.271. The van der Waals surface area contributed by atoms with E-state index in [-0.39, 0.29) is 24.0 Å². The molecule has 7 atom stereocenters. The maximum Gasteiger partial charge on any atom is 0.335 e. The van der Waals surface area contributed by atoms with Crippen LogP contribution in [-0.4, -0.2) is 88.3 Å². The number of aliphatic hydroxyl groups is 4. The molecular formula is C25H32N2O10. The summed E-state index contributed by atoms with van der Waals surface area (Å²) >= 11 is 0. The van der Waals surface area contributed by atoms with Crippen LogP contribution in [0.25, 0.3) is 0 Å². The summed E-state index contributed by atoms with van der Waals surface area (Å²) in [5.41, 5.74) is 1.66. The third-order valence-corrected chi connectivity index (χ3v) is 6.02. The molecule has 1 saturated heterocycles. The predicted molar refractivity (Wildman–Crippen MR) is 130 cm³/mol. The molecule has 1 heterocycles. The Balaban J connectivity index is 1.65. The Morgan fingerprint density at radius 2 is 1.81 bits per heavy atom. The molecule has 0 aliphatic carbocycles. The second kappa shape index (κ2) is 12.8. The van der Waals surface area contributed by atoms with Gasteiger partial charge >= 0.3 is 5.97 Å². The molecule has 1 fully saturated rings. The number of carboxylic acids is 1. The first-order chi connectivity index (χ1) is 17.6. The number of carbonyl (C=O) groups excluding carboxylic acids is 1.